The van der Waals surface area contributed by atoms with Crippen molar-refractivity contribution in [3.8, 4) is 0 Å². The Hall–Kier alpha value is -1.73. The number of aliphatic carboxylic acids is 1. The minimum atomic E-state index is -4.19. The molecule has 1 aromatic rings. The van der Waals surface area contributed by atoms with Crippen LogP contribution in [0.4, 0.5) is 0 Å². The molecule has 2 unspecified atom stereocenters. The zero-order valence-corrected chi connectivity index (χ0v) is 17.8. The molecule has 0 saturated carbocycles. The highest BCUT2D eigenvalue weighted by Crippen LogP contribution is 2.54. The van der Waals surface area contributed by atoms with Crippen molar-refractivity contribution < 1.29 is 28.3 Å². The maximum Gasteiger partial charge on any atom is 0.438 e. The highest BCUT2D eigenvalue weighted by molar-refractivity contribution is 7.52. The molecule has 0 aliphatic heterocycles. The summed E-state index contributed by atoms with van der Waals surface area (Å²) in [5, 5.41) is 9.75. The van der Waals surface area contributed by atoms with Crippen LogP contribution in [0.3, 0.4) is 0 Å². The predicted molar refractivity (Wildman–Crippen MR) is 107 cm³/mol. The van der Waals surface area contributed by atoms with Gasteiger partial charge in [0.2, 0.25) is 5.91 Å². The van der Waals surface area contributed by atoms with Crippen molar-refractivity contribution in [1.82, 2.24) is 4.67 Å². The van der Waals surface area contributed by atoms with Gasteiger partial charge in [-0.05, 0) is 38.2 Å². The summed E-state index contributed by atoms with van der Waals surface area (Å²) in [6, 6.07) is 6.62. The van der Waals surface area contributed by atoms with Crippen LogP contribution < -0.4 is 5.73 Å². The smallest absolute Gasteiger partial charge is 0.438 e. The fourth-order valence-electron chi connectivity index (χ4n) is 2.81. The van der Waals surface area contributed by atoms with E-state index < -0.39 is 31.7 Å². The Balaban J connectivity index is 3.32. The van der Waals surface area contributed by atoms with Gasteiger partial charge in [-0.1, -0.05) is 44.2 Å². The Morgan fingerprint density at radius 1 is 1.14 bits per heavy atom. The van der Waals surface area contributed by atoms with Crippen LogP contribution in [0.15, 0.2) is 30.3 Å². The zero-order chi connectivity index (χ0) is 21.3. The fourth-order valence-corrected chi connectivity index (χ4v) is 4.71. The molecule has 0 saturated heterocycles. The van der Waals surface area contributed by atoms with Gasteiger partial charge in [0, 0.05) is 0 Å². The molecule has 0 spiro atoms. The SMILES string of the molecule is CCOP(=O)(OCC)N(C(=O)C(N)Cc1ccccc1)C(CC(C)C)C(=O)O. The molecule has 158 valence electrons. The molecule has 0 aliphatic carbocycles. The number of hydrogen-bond donors (Lipinski definition) is 2. The third-order valence-electron chi connectivity index (χ3n) is 3.96. The van der Waals surface area contributed by atoms with E-state index in [4.69, 9.17) is 14.8 Å². The third kappa shape index (κ3) is 6.71. The molecule has 9 heteroatoms. The van der Waals surface area contributed by atoms with Crippen molar-refractivity contribution in [2.75, 3.05) is 13.2 Å². The molecule has 28 heavy (non-hydrogen) atoms. The molecule has 1 aromatic carbocycles. The topological polar surface area (TPSA) is 119 Å². The molecule has 1 amide bonds. The van der Waals surface area contributed by atoms with Gasteiger partial charge in [0.1, 0.15) is 6.04 Å². The lowest BCUT2D eigenvalue weighted by molar-refractivity contribution is -0.148. The first-order valence-electron chi connectivity index (χ1n) is 9.41. The summed E-state index contributed by atoms with van der Waals surface area (Å²) in [5.74, 6) is -2.13. The molecule has 0 aromatic heterocycles. The van der Waals surface area contributed by atoms with Crippen LogP contribution in [0.5, 0.6) is 0 Å². The van der Waals surface area contributed by atoms with Gasteiger partial charge in [0.05, 0.1) is 19.3 Å². The highest BCUT2D eigenvalue weighted by atomic mass is 31.2. The van der Waals surface area contributed by atoms with Gasteiger partial charge in [0.25, 0.3) is 0 Å². The van der Waals surface area contributed by atoms with Crippen LogP contribution in [-0.2, 0) is 29.6 Å². The number of hydrogen-bond acceptors (Lipinski definition) is 6. The largest absolute Gasteiger partial charge is 0.480 e. The Morgan fingerprint density at radius 2 is 1.68 bits per heavy atom. The van der Waals surface area contributed by atoms with Crippen molar-refractivity contribution in [1.29, 1.82) is 0 Å². The van der Waals surface area contributed by atoms with Crippen molar-refractivity contribution in [3.05, 3.63) is 35.9 Å². The highest BCUT2D eigenvalue weighted by Gasteiger charge is 2.46. The monoisotopic (exact) mass is 414 g/mol. The standard InChI is InChI=1S/C19H31N2O6P/c1-5-26-28(25,27-6-2)21(17(19(23)24)12-14(3)4)18(22)16(20)13-15-10-8-7-9-11-15/h7-11,14,16-17H,5-6,12-13,20H2,1-4H3,(H,23,24). The molecular weight excluding hydrogens is 383 g/mol. The molecule has 0 fully saturated rings. The van der Waals surface area contributed by atoms with Gasteiger partial charge >= 0.3 is 13.7 Å². The summed E-state index contributed by atoms with van der Waals surface area (Å²) in [7, 11) is -4.19. The Bertz CT molecular complexity index is 672. The molecule has 0 bridgehead atoms. The van der Waals surface area contributed by atoms with Crippen molar-refractivity contribution in [2.45, 2.75) is 52.6 Å². The molecule has 2 atom stereocenters. The Labute approximate surface area is 166 Å². The number of nitrogens with zero attached hydrogens (tertiary/aromatic N) is 1. The van der Waals surface area contributed by atoms with E-state index in [0.717, 1.165) is 10.2 Å². The van der Waals surface area contributed by atoms with Crippen LogP contribution in [-0.4, -0.2) is 47.0 Å². The number of nitrogens with two attached hydrogens (primary N) is 1. The molecule has 0 aliphatic rings. The molecule has 1 rings (SSSR count). The number of carboxylic acid groups (broad SMARTS) is 1. The summed E-state index contributed by atoms with van der Waals surface area (Å²) < 4.78 is 24.7. The van der Waals surface area contributed by atoms with Crippen LogP contribution in [0.25, 0.3) is 0 Å². The second kappa shape index (κ2) is 11.3. The summed E-state index contributed by atoms with van der Waals surface area (Å²) in [4.78, 5) is 25.1. The number of carbonyl (C=O) groups is 2. The molecule has 0 heterocycles. The van der Waals surface area contributed by atoms with E-state index in [1.165, 1.54) is 0 Å². The minimum Gasteiger partial charge on any atom is -0.480 e. The summed E-state index contributed by atoms with van der Waals surface area (Å²) in [6.45, 7) is 6.79. The van der Waals surface area contributed by atoms with Gasteiger partial charge in [-0.25, -0.2) is 14.0 Å². The van der Waals surface area contributed by atoms with E-state index in [1.54, 1.807) is 13.8 Å². The number of amides is 1. The molecule has 3 N–H and O–H groups in total. The van der Waals surface area contributed by atoms with Gasteiger partial charge in [-0.15, -0.1) is 0 Å². The third-order valence-corrected chi connectivity index (χ3v) is 6.14. The lowest BCUT2D eigenvalue weighted by atomic mass is 10.0. The van der Waals surface area contributed by atoms with Crippen molar-refractivity contribution >= 4 is 19.6 Å². The average Bonchev–Trinajstić information content (AvgIpc) is 2.61. The maximum absolute atomic E-state index is 13.4. The van der Waals surface area contributed by atoms with Gasteiger partial charge in [-0.2, -0.15) is 0 Å². The fraction of sp³-hybridized carbons (Fsp3) is 0.579. The lowest BCUT2D eigenvalue weighted by Gasteiger charge is -2.36. The zero-order valence-electron chi connectivity index (χ0n) is 16.9. The summed E-state index contributed by atoms with van der Waals surface area (Å²) >= 11 is 0. The summed E-state index contributed by atoms with van der Waals surface area (Å²) in [5.41, 5.74) is 6.90. The first-order chi connectivity index (χ1) is 13.2. The van der Waals surface area contributed by atoms with E-state index in [2.05, 4.69) is 0 Å². The number of benzene rings is 1. The van der Waals surface area contributed by atoms with Crippen LogP contribution >= 0.6 is 7.75 Å². The van der Waals surface area contributed by atoms with Gasteiger partial charge in [-0.3, -0.25) is 13.8 Å². The minimum absolute atomic E-state index is 0.0109. The van der Waals surface area contributed by atoms with Gasteiger partial charge < -0.3 is 10.8 Å². The first kappa shape index (κ1) is 24.3. The second-order valence-electron chi connectivity index (χ2n) is 6.77. The average molecular weight is 414 g/mol. The molecule has 0 radical (unpaired) electrons. The number of carboxylic acids is 1. The maximum atomic E-state index is 13.4. The molecular formula is C19H31N2O6P. The number of carbonyl (C=O) groups excluding carboxylic acids is 1. The van der Waals surface area contributed by atoms with E-state index in [1.807, 2.05) is 44.2 Å². The van der Waals surface area contributed by atoms with Crippen LogP contribution in [0.1, 0.15) is 39.7 Å². The van der Waals surface area contributed by atoms with Crippen molar-refractivity contribution in [3.63, 3.8) is 0 Å². The normalized spacial score (nSPS) is 13.9. The predicted octanol–water partition coefficient (Wildman–Crippen LogP) is 3.07. The first-order valence-corrected chi connectivity index (χ1v) is 10.9. The Morgan fingerprint density at radius 3 is 2.11 bits per heavy atom. The van der Waals surface area contributed by atoms with Crippen LogP contribution in [0.2, 0.25) is 0 Å². The van der Waals surface area contributed by atoms with Crippen molar-refractivity contribution in [2.24, 2.45) is 11.7 Å². The van der Waals surface area contributed by atoms with Gasteiger partial charge in [0.15, 0.2) is 0 Å². The lowest BCUT2D eigenvalue weighted by Crippen LogP contribution is -2.51. The Kier molecular flexibility index (Phi) is 9.82. The number of rotatable bonds is 12. The van der Waals surface area contributed by atoms with E-state index in [-0.39, 0.29) is 32.0 Å². The van der Waals surface area contributed by atoms with Crippen LogP contribution in [0, 0.1) is 5.92 Å². The van der Waals surface area contributed by atoms with E-state index in [0.29, 0.717) is 0 Å². The van der Waals surface area contributed by atoms with E-state index in [9.17, 15) is 19.3 Å². The quantitative estimate of drug-likeness (QED) is 0.505. The summed E-state index contributed by atoms with van der Waals surface area (Å²) in [6.07, 6.45) is 0.256. The second-order valence-corrected chi connectivity index (χ2v) is 8.65. The molecule has 8 nitrogen and oxygen atoms in total. The van der Waals surface area contributed by atoms with E-state index >= 15 is 0 Å².